The molecule has 0 bridgehead atoms. The highest BCUT2D eigenvalue weighted by molar-refractivity contribution is 8.14. The number of aliphatic hydroxyl groups is 1. The van der Waals surface area contributed by atoms with Crippen molar-refractivity contribution in [1.82, 2.24) is 5.32 Å². The third kappa shape index (κ3) is 6.32. The fourth-order valence-electron chi connectivity index (χ4n) is 2.09. The molecule has 4 heteroatoms. The highest BCUT2D eigenvalue weighted by Crippen LogP contribution is 2.25. The topological polar surface area (TPSA) is 49.3 Å². The summed E-state index contributed by atoms with van der Waals surface area (Å²) in [6.45, 7) is 6.06. The van der Waals surface area contributed by atoms with Crippen molar-refractivity contribution < 1.29 is 9.90 Å². The van der Waals surface area contributed by atoms with Gasteiger partial charge >= 0.3 is 0 Å². The van der Waals surface area contributed by atoms with Gasteiger partial charge in [-0.3, -0.25) is 4.79 Å². The summed E-state index contributed by atoms with van der Waals surface area (Å²) in [4.78, 5) is 11.8. The van der Waals surface area contributed by atoms with Crippen molar-refractivity contribution in [3.05, 3.63) is 0 Å². The van der Waals surface area contributed by atoms with Crippen molar-refractivity contribution >= 4 is 17.0 Å². The Kier molecular flexibility index (Phi) is 5.80. The molecule has 1 amide bonds. The van der Waals surface area contributed by atoms with Crippen LogP contribution in [0.1, 0.15) is 59.3 Å². The minimum absolute atomic E-state index is 0.0119. The summed E-state index contributed by atoms with van der Waals surface area (Å²) in [6.07, 6.45) is 5.92. The number of aliphatic hydroxyl groups excluding tert-OH is 1. The maximum atomic E-state index is 11.8. The predicted octanol–water partition coefficient (Wildman–Crippen LogP) is 3.31. The molecular formula is C13H25NO2S. The van der Waals surface area contributed by atoms with Gasteiger partial charge in [0.25, 0.3) is 5.24 Å². The molecule has 100 valence electrons. The van der Waals surface area contributed by atoms with E-state index in [-0.39, 0.29) is 22.1 Å². The molecule has 0 aromatic rings. The lowest BCUT2D eigenvalue weighted by Gasteiger charge is -2.27. The summed E-state index contributed by atoms with van der Waals surface area (Å²) in [5, 5.41) is 13.0. The molecule has 1 aliphatic rings. The van der Waals surface area contributed by atoms with Crippen LogP contribution >= 0.6 is 11.8 Å². The quantitative estimate of drug-likeness (QED) is 0.759. The molecular weight excluding hydrogens is 234 g/mol. The van der Waals surface area contributed by atoms with Crippen LogP contribution in [0.3, 0.4) is 0 Å². The molecule has 0 aliphatic heterocycles. The lowest BCUT2D eigenvalue weighted by atomic mass is 9.94. The molecule has 0 aromatic carbocycles. The van der Waals surface area contributed by atoms with Gasteiger partial charge in [-0.2, -0.15) is 0 Å². The standard InChI is InChI=1S/C13H25NO2S/c1-13(2,3)17-12(16)14-10-8-6-4-5-7-9-11(10)15/h10-11,15H,4-9H2,1-3H3,(H,14,16)/t10?,11-/m1/s1. The minimum atomic E-state index is -0.375. The van der Waals surface area contributed by atoms with E-state index in [1.54, 1.807) is 0 Å². The second-order valence-electron chi connectivity index (χ2n) is 5.81. The second kappa shape index (κ2) is 6.64. The molecule has 0 heterocycles. The molecule has 1 unspecified atom stereocenters. The third-order valence-electron chi connectivity index (χ3n) is 2.93. The van der Waals surface area contributed by atoms with Gasteiger partial charge in [0.05, 0.1) is 12.1 Å². The summed E-state index contributed by atoms with van der Waals surface area (Å²) in [7, 11) is 0. The Balaban J connectivity index is 2.43. The SMILES string of the molecule is CC(C)(C)SC(=O)NC1CCCCCC[C@H]1O. The van der Waals surface area contributed by atoms with Crippen LogP contribution in [-0.4, -0.2) is 27.2 Å². The normalized spacial score (nSPS) is 27.1. The second-order valence-corrected chi connectivity index (χ2v) is 7.61. The van der Waals surface area contributed by atoms with Gasteiger partial charge in [-0.05, 0) is 12.8 Å². The summed E-state index contributed by atoms with van der Waals surface area (Å²) in [5.74, 6) is 0. The van der Waals surface area contributed by atoms with E-state index in [4.69, 9.17) is 0 Å². The Morgan fingerprint density at radius 2 is 1.76 bits per heavy atom. The van der Waals surface area contributed by atoms with Gasteiger partial charge in [-0.15, -0.1) is 0 Å². The molecule has 1 aliphatic carbocycles. The average Bonchev–Trinajstić information content (AvgIpc) is 2.15. The predicted molar refractivity (Wildman–Crippen MR) is 73.4 cm³/mol. The van der Waals surface area contributed by atoms with E-state index in [0.717, 1.165) is 25.7 Å². The van der Waals surface area contributed by atoms with Crippen LogP contribution in [0.2, 0.25) is 0 Å². The van der Waals surface area contributed by atoms with Gasteiger partial charge in [-0.1, -0.05) is 58.2 Å². The van der Waals surface area contributed by atoms with Crippen molar-refractivity contribution in [2.75, 3.05) is 0 Å². The Labute approximate surface area is 109 Å². The molecule has 17 heavy (non-hydrogen) atoms. The Morgan fingerprint density at radius 3 is 2.35 bits per heavy atom. The molecule has 0 aromatic heterocycles. The Bertz CT molecular complexity index is 250. The van der Waals surface area contributed by atoms with Gasteiger partial charge in [0.2, 0.25) is 0 Å². The molecule has 1 saturated carbocycles. The molecule has 0 spiro atoms. The molecule has 1 fully saturated rings. The van der Waals surface area contributed by atoms with Crippen LogP contribution in [0.4, 0.5) is 4.79 Å². The molecule has 1 rings (SSSR count). The van der Waals surface area contributed by atoms with Crippen LogP contribution in [0.5, 0.6) is 0 Å². The van der Waals surface area contributed by atoms with Crippen LogP contribution < -0.4 is 5.32 Å². The van der Waals surface area contributed by atoms with Gasteiger partial charge in [0.15, 0.2) is 0 Å². The molecule has 0 radical (unpaired) electrons. The zero-order chi connectivity index (χ0) is 12.9. The summed E-state index contributed by atoms with van der Waals surface area (Å²) < 4.78 is -0.0728. The van der Waals surface area contributed by atoms with Gasteiger partial charge < -0.3 is 10.4 Å². The smallest absolute Gasteiger partial charge is 0.279 e. The van der Waals surface area contributed by atoms with Crippen molar-refractivity contribution in [2.45, 2.75) is 76.2 Å². The van der Waals surface area contributed by atoms with E-state index >= 15 is 0 Å². The van der Waals surface area contributed by atoms with E-state index in [0.29, 0.717) is 0 Å². The fraction of sp³-hybridized carbons (Fsp3) is 0.923. The first-order valence-electron chi connectivity index (χ1n) is 6.56. The number of carbonyl (C=O) groups is 1. The van der Waals surface area contributed by atoms with Crippen LogP contribution in [-0.2, 0) is 0 Å². The zero-order valence-electron chi connectivity index (χ0n) is 11.2. The monoisotopic (exact) mass is 259 g/mol. The molecule has 0 saturated heterocycles. The van der Waals surface area contributed by atoms with Gasteiger partial charge in [0.1, 0.15) is 0 Å². The van der Waals surface area contributed by atoms with E-state index in [1.165, 1.54) is 24.6 Å². The molecule has 2 N–H and O–H groups in total. The van der Waals surface area contributed by atoms with Gasteiger partial charge in [-0.25, -0.2) is 0 Å². The molecule has 2 atom stereocenters. The number of carbonyl (C=O) groups excluding carboxylic acids is 1. The number of amides is 1. The van der Waals surface area contributed by atoms with Crippen LogP contribution in [0.25, 0.3) is 0 Å². The highest BCUT2D eigenvalue weighted by Gasteiger charge is 2.24. The van der Waals surface area contributed by atoms with E-state index < -0.39 is 0 Å². The van der Waals surface area contributed by atoms with Crippen molar-refractivity contribution in [2.24, 2.45) is 0 Å². The number of hydrogen-bond donors (Lipinski definition) is 2. The zero-order valence-corrected chi connectivity index (χ0v) is 12.0. The van der Waals surface area contributed by atoms with E-state index in [9.17, 15) is 9.90 Å². The first kappa shape index (κ1) is 14.8. The maximum Gasteiger partial charge on any atom is 0.279 e. The average molecular weight is 259 g/mol. The summed E-state index contributed by atoms with van der Waals surface area (Å²) >= 11 is 1.30. The van der Waals surface area contributed by atoms with Crippen molar-refractivity contribution in [3.63, 3.8) is 0 Å². The lowest BCUT2D eigenvalue weighted by molar-refractivity contribution is 0.109. The first-order valence-corrected chi connectivity index (χ1v) is 7.38. The fourth-order valence-corrected chi connectivity index (χ4v) is 2.86. The van der Waals surface area contributed by atoms with Crippen molar-refractivity contribution in [1.29, 1.82) is 0 Å². The van der Waals surface area contributed by atoms with Gasteiger partial charge in [0, 0.05) is 4.75 Å². The largest absolute Gasteiger partial charge is 0.391 e. The van der Waals surface area contributed by atoms with Crippen LogP contribution in [0.15, 0.2) is 0 Å². The number of thioether (sulfide) groups is 1. The van der Waals surface area contributed by atoms with E-state index in [1.807, 2.05) is 20.8 Å². The lowest BCUT2D eigenvalue weighted by Crippen LogP contribution is -2.43. The van der Waals surface area contributed by atoms with Crippen molar-refractivity contribution in [3.8, 4) is 0 Å². The summed E-state index contributed by atoms with van der Waals surface area (Å²) in [6, 6.07) is -0.0577. The minimum Gasteiger partial charge on any atom is -0.391 e. The molecule has 3 nitrogen and oxygen atoms in total. The first-order chi connectivity index (χ1) is 7.88. The Morgan fingerprint density at radius 1 is 1.18 bits per heavy atom. The van der Waals surface area contributed by atoms with Crippen LogP contribution in [0, 0.1) is 0 Å². The number of rotatable bonds is 1. The number of hydrogen-bond acceptors (Lipinski definition) is 3. The number of nitrogens with one attached hydrogen (secondary N) is 1. The Hall–Kier alpha value is -0.220. The maximum absolute atomic E-state index is 11.8. The summed E-state index contributed by atoms with van der Waals surface area (Å²) in [5.41, 5.74) is 0. The third-order valence-corrected chi connectivity index (χ3v) is 3.85. The highest BCUT2D eigenvalue weighted by atomic mass is 32.2. The van der Waals surface area contributed by atoms with E-state index in [2.05, 4.69) is 5.32 Å².